The van der Waals surface area contributed by atoms with E-state index < -0.39 is 60.7 Å². The third kappa shape index (κ3) is 4.48. The lowest BCUT2D eigenvalue weighted by Gasteiger charge is -2.26. The Morgan fingerprint density at radius 2 is 1.92 bits per heavy atom. The molecule has 1 aromatic heterocycles. The lowest BCUT2D eigenvalue weighted by molar-refractivity contribution is -0.286. The van der Waals surface area contributed by atoms with Crippen LogP contribution in [0.15, 0.2) is 36.4 Å². The summed E-state index contributed by atoms with van der Waals surface area (Å²) < 4.78 is 109. The molecule has 0 saturated heterocycles. The van der Waals surface area contributed by atoms with Crippen LogP contribution in [0.3, 0.4) is 0 Å². The number of rotatable bonds is 9. The standard InChI is InChI=1S/C28H30F3NO5/c1-4-26(2,3)24-10-17-9-16(20(29)13-21(17)32(24)14-19(34)15-33)11-25(35)27(7-8-27)18-5-6-22-23(12-18)37-28(30,31)36-22/h5-6,9-10,12-13,19,33-34H,4,7-8,11,14-15H2,1-3H3/t19-/m0/s1/i4D2,14D2,15D2,19D. The molecule has 37 heavy (non-hydrogen) atoms. The third-order valence-corrected chi connectivity index (χ3v) is 7.15. The summed E-state index contributed by atoms with van der Waals surface area (Å²) in [6.45, 7) is -3.25. The number of fused-ring (bicyclic) bond motifs is 2. The molecular formula is C28H30F3NO5. The third-order valence-electron chi connectivity index (χ3n) is 7.15. The predicted molar refractivity (Wildman–Crippen MR) is 131 cm³/mol. The molecule has 0 bridgehead atoms. The molecule has 0 amide bonds. The molecule has 198 valence electrons. The first-order valence-corrected chi connectivity index (χ1v) is 11.6. The Balaban J connectivity index is 1.58. The smallest absolute Gasteiger partial charge is 0.395 e. The molecule has 6 nitrogen and oxygen atoms in total. The van der Waals surface area contributed by atoms with Gasteiger partial charge in [-0.25, -0.2) is 4.39 Å². The number of carbonyl (C=O) groups is 1. The van der Waals surface area contributed by atoms with Gasteiger partial charge in [-0.2, -0.15) is 0 Å². The fourth-order valence-corrected chi connectivity index (χ4v) is 4.69. The average Bonchev–Trinajstić information content (AvgIpc) is 3.49. The number of hydrogen-bond donors (Lipinski definition) is 2. The average molecular weight is 525 g/mol. The van der Waals surface area contributed by atoms with Gasteiger partial charge in [-0.3, -0.25) is 4.79 Å². The van der Waals surface area contributed by atoms with Gasteiger partial charge in [-0.15, -0.1) is 8.78 Å². The number of Topliss-reactive ketones (excluding diaryl/α,β-unsaturated/α-hetero) is 1. The Morgan fingerprint density at radius 1 is 1.22 bits per heavy atom. The molecule has 9 heteroatoms. The molecule has 1 fully saturated rings. The van der Waals surface area contributed by atoms with Crippen LogP contribution in [0.4, 0.5) is 13.2 Å². The molecule has 2 N–H and O–H groups in total. The van der Waals surface area contributed by atoms with Crippen molar-refractivity contribution >= 4 is 16.7 Å². The molecule has 1 atom stereocenters. The normalized spacial score (nSPS) is 23.1. The highest BCUT2D eigenvalue weighted by molar-refractivity contribution is 5.95. The second-order valence-electron chi connectivity index (χ2n) is 9.83. The van der Waals surface area contributed by atoms with E-state index in [1.807, 2.05) is 0 Å². The van der Waals surface area contributed by atoms with Crippen LogP contribution in [0.2, 0.25) is 0 Å². The first-order chi connectivity index (χ1) is 19.9. The largest absolute Gasteiger partial charge is 0.586 e. The van der Waals surface area contributed by atoms with Gasteiger partial charge in [0, 0.05) is 25.7 Å². The number of carbonyl (C=O) groups excluding carboxylic acids is 1. The van der Waals surface area contributed by atoms with E-state index in [-0.39, 0.29) is 33.7 Å². The molecule has 1 saturated carbocycles. The van der Waals surface area contributed by atoms with Gasteiger partial charge in [0.25, 0.3) is 0 Å². The summed E-state index contributed by atoms with van der Waals surface area (Å²) in [7, 11) is 0. The number of nitrogens with zero attached hydrogens (tertiary/aromatic N) is 1. The lowest BCUT2D eigenvalue weighted by atomic mass is 9.86. The summed E-state index contributed by atoms with van der Waals surface area (Å²) in [5.74, 6) is -1.82. The van der Waals surface area contributed by atoms with Crippen LogP contribution in [-0.4, -0.2) is 39.5 Å². The summed E-state index contributed by atoms with van der Waals surface area (Å²) in [6.07, 6.45) is -9.44. The highest BCUT2D eigenvalue weighted by Gasteiger charge is 2.52. The number of alkyl halides is 2. The zero-order chi connectivity index (χ0) is 33.1. The first-order valence-electron chi connectivity index (χ1n) is 15.1. The minimum atomic E-state index is -3.84. The highest BCUT2D eigenvalue weighted by atomic mass is 19.3. The Labute approximate surface area is 222 Å². The molecule has 0 radical (unpaired) electrons. The van der Waals surface area contributed by atoms with E-state index in [1.54, 1.807) is 0 Å². The molecule has 3 aromatic rings. The summed E-state index contributed by atoms with van der Waals surface area (Å²) in [5.41, 5.74) is -2.84. The fraction of sp³-hybridized carbons (Fsp3) is 0.464. The second-order valence-corrected chi connectivity index (χ2v) is 9.83. The maximum atomic E-state index is 15.7. The number of benzene rings is 2. The van der Waals surface area contributed by atoms with E-state index in [2.05, 4.69) is 9.47 Å². The summed E-state index contributed by atoms with van der Waals surface area (Å²) >= 11 is 0. The van der Waals surface area contributed by atoms with Gasteiger partial charge in [-0.05, 0) is 60.7 Å². The number of ketones is 1. The van der Waals surface area contributed by atoms with Crippen LogP contribution in [0.5, 0.6) is 11.5 Å². The van der Waals surface area contributed by atoms with Crippen molar-refractivity contribution < 1.29 is 47.2 Å². The van der Waals surface area contributed by atoms with E-state index in [0.717, 1.165) is 6.07 Å². The Kier molecular flexibility index (Phi) is 4.33. The molecule has 0 unspecified atom stereocenters. The van der Waals surface area contributed by atoms with Gasteiger partial charge in [0.2, 0.25) is 0 Å². The van der Waals surface area contributed by atoms with Crippen molar-refractivity contribution in [3.63, 3.8) is 0 Å². The maximum absolute atomic E-state index is 15.7. The number of hydrogen-bond acceptors (Lipinski definition) is 5. The van der Waals surface area contributed by atoms with Crippen LogP contribution in [0.25, 0.3) is 10.9 Å². The van der Waals surface area contributed by atoms with Gasteiger partial charge in [-0.1, -0.05) is 26.8 Å². The monoisotopic (exact) mass is 524 g/mol. The summed E-state index contributed by atoms with van der Waals surface area (Å²) in [4.78, 5) is 13.5. The lowest BCUT2D eigenvalue weighted by Crippen LogP contribution is -2.26. The summed E-state index contributed by atoms with van der Waals surface area (Å²) in [5, 5.41) is 20.5. The van der Waals surface area contributed by atoms with E-state index in [1.165, 1.54) is 51.1 Å². The Morgan fingerprint density at radius 3 is 2.57 bits per heavy atom. The van der Waals surface area contributed by atoms with Crippen molar-refractivity contribution in [2.75, 3.05) is 6.56 Å². The molecule has 2 heterocycles. The quantitative estimate of drug-likeness (QED) is 0.413. The van der Waals surface area contributed by atoms with Crippen LogP contribution >= 0.6 is 0 Å². The van der Waals surface area contributed by atoms with Crippen LogP contribution in [-0.2, 0) is 28.5 Å². The molecule has 2 aromatic carbocycles. The van der Waals surface area contributed by atoms with Gasteiger partial charge in [0.1, 0.15) is 11.6 Å². The Hall–Kier alpha value is -3.04. The van der Waals surface area contributed by atoms with E-state index in [9.17, 15) is 23.8 Å². The molecule has 1 aliphatic heterocycles. The van der Waals surface area contributed by atoms with Crippen molar-refractivity contribution in [1.29, 1.82) is 0 Å². The second kappa shape index (κ2) is 8.77. The van der Waals surface area contributed by atoms with Gasteiger partial charge in [0.15, 0.2) is 11.5 Å². The van der Waals surface area contributed by atoms with Gasteiger partial charge >= 0.3 is 6.29 Å². The number of aromatic nitrogens is 1. The minimum Gasteiger partial charge on any atom is -0.395 e. The van der Waals surface area contributed by atoms with Crippen molar-refractivity contribution in [3.05, 3.63) is 59.0 Å². The maximum Gasteiger partial charge on any atom is 0.586 e. The van der Waals surface area contributed by atoms with Crippen molar-refractivity contribution in [1.82, 2.24) is 4.57 Å². The van der Waals surface area contributed by atoms with Crippen LogP contribution in [0, 0.1) is 5.82 Å². The molecule has 5 rings (SSSR count). The number of halogens is 3. The van der Waals surface area contributed by atoms with Crippen LogP contribution in [0.1, 0.15) is 66.4 Å². The van der Waals surface area contributed by atoms with E-state index >= 15 is 4.39 Å². The van der Waals surface area contributed by atoms with Crippen LogP contribution < -0.4 is 9.47 Å². The van der Waals surface area contributed by atoms with Crippen molar-refractivity contribution in [2.24, 2.45) is 0 Å². The first kappa shape index (κ1) is 18.3. The van der Waals surface area contributed by atoms with E-state index in [0.29, 0.717) is 23.0 Å². The Bertz CT molecular complexity index is 1670. The van der Waals surface area contributed by atoms with Gasteiger partial charge in [0.05, 0.1) is 36.9 Å². The summed E-state index contributed by atoms with van der Waals surface area (Å²) in [6, 6.07) is 7.40. The van der Waals surface area contributed by atoms with Gasteiger partial charge < -0.3 is 24.3 Å². The SMILES string of the molecule is [2H]C([2H])(C)C(C)(C)c1cc2cc(CC(=O)C3(c4ccc5c(c4)OC(F)(F)O5)CC3)c(F)cc2n1C([2H])([2H])[C@]([2H])(O)C([2H])([2H])O. The fourth-order valence-electron chi connectivity index (χ4n) is 4.69. The molecule has 0 spiro atoms. The minimum absolute atomic E-state index is 0.0925. The zero-order valence-electron chi connectivity index (χ0n) is 27.3. The molecule has 2 aliphatic rings. The molecular weight excluding hydrogens is 487 g/mol. The van der Waals surface area contributed by atoms with Crippen molar-refractivity contribution in [3.8, 4) is 11.5 Å². The zero-order valence-corrected chi connectivity index (χ0v) is 20.3. The van der Waals surface area contributed by atoms with E-state index in [4.69, 9.17) is 9.60 Å². The molecule has 1 aliphatic carbocycles. The predicted octanol–water partition coefficient (Wildman–Crippen LogP) is 4.99. The number of aliphatic hydroxyl groups is 2. The number of ether oxygens (including phenoxy) is 2. The van der Waals surface area contributed by atoms with Crippen molar-refractivity contribution in [2.45, 2.75) is 76.1 Å². The highest BCUT2D eigenvalue weighted by Crippen LogP contribution is 2.52. The topological polar surface area (TPSA) is 80.9 Å².